The van der Waals surface area contributed by atoms with Crippen LogP contribution in [0.5, 0.6) is 0 Å². The van der Waals surface area contributed by atoms with E-state index in [0.29, 0.717) is 13.2 Å². The van der Waals surface area contributed by atoms with Gasteiger partial charge in [-0.15, -0.1) is 0 Å². The van der Waals surface area contributed by atoms with Crippen LogP contribution in [0.15, 0.2) is 84.9 Å². The van der Waals surface area contributed by atoms with E-state index in [0.717, 1.165) is 30.8 Å². The molecule has 4 aromatic carbocycles. The molecule has 1 N–H and O–H groups in total. The third kappa shape index (κ3) is 7.57. The Kier molecular flexibility index (Phi) is 11.2. The second-order valence-corrected chi connectivity index (χ2v) is 15.9. The molecule has 1 heterocycles. The van der Waals surface area contributed by atoms with Crippen LogP contribution in [0.4, 0.5) is 0 Å². The van der Waals surface area contributed by atoms with E-state index < -0.39 is 26.3 Å². The summed E-state index contributed by atoms with van der Waals surface area (Å²) >= 11 is 0. The number of hydrogen-bond donors (Lipinski definition) is 1. The summed E-state index contributed by atoms with van der Waals surface area (Å²) in [6.07, 6.45) is -1.06. The van der Waals surface area contributed by atoms with Crippen molar-refractivity contribution < 1.29 is 28.8 Å². The summed E-state index contributed by atoms with van der Waals surface area (Å²) in [6, 6.07) is 29.4. The molecule has 0 bridgehead atoms. The molecule has 8 heteroatoms. The molecule has 6 nitrogen and oxygen atoms in total. The number of ether oxygens (including phenoxy) is 4. The fraction of sp³-hybridized carbons (Fsp3) is 0.487. The average Bonchev–Trinajstić information content (AvgIpc) is 3.09. The predicted molar refractivity (Wildman–Crippen MR) is 190 cm³/mol. The average molecular weight is 655 g/mol. The molecule has 1 saturated carbocycles. The molecule has 1 aliphatic carbocycles. The van der Waals surface area contributed by atoms with Gasteiger partial charge in [-0.25, -0.2) is 0 Å². The number of aliphatic hydroxyl groups excluding tert-OH is 1. The Balaban J connectivity index is 1.15. The van der Waals surface area contributed by atoms with E-state index >= 15 is 0 Å². The third-order valence-corrected chi connectivity index (χ3v) is 12.4. The van der Waals surface area contributed by atoms with Crippen molar-refractivity contribution >= 4 is 36.2 Å². The molecule has 11 atom stereocenters. The van der Waals surface area contributed by atoms with Gasteiger partial charge in [-0.3, -0.25) is 0 Å². The minimum atomic E-state index is -1.00. The van der Waals surface area contributed by atoms with Crippen LogP contribution in [0.1, 0.15) is 51.7 Å². The summed E-state index contributed by atoms with van der Waals surface area (Å²) in [7, 11) is -1.00. The van der Waals surface area contributed by atoms with Gasteiger partial charge in [-0.2, -0.15) is 0 Å². The first-order valence-corrected chi connectivity index (χ1v) is 19.0. The molecule has 0 amide bonds. The molecule has 47 heavy (non-hydrogen) atoms. The maximum atomic E-state index is 12.3. The van der Waals surface area contributed by atoms with Crippen molar-refractivity contribution in [3.05, 3.63) is 96.1 Å². The Labute approximate surface area is 281 Å². The molecule has 1 saturated heterocycles. The third-order valence-electron chi connectivity index (χ3n) is 10.4. The molecule has 1 aliphatic heterocycles. The molecular weight excluding hydrogens is 606 g/mol. The summed E-state index contributed by atoms with van der Waals surface area (Å²) in [5.74, 6) is 0.190. The van der Waals surface area contributed by atoms with Crippen LogP contribution < -0.4 is 0 Å². The first-order valence-electron chi connectivity index (χ1n) is 17.1. The van der Waals surface area contributed by atoms with Crippen molar-refractivity contribution in [3.63, 3.8) is 0 Å². The fourth-order valence-corrected chi connectivity index (χ4v) is 9.57. The van der Waals surface area contributed by atoms with E-state index in [2.05, 4.69) is 88.4 Å². The predicted octanol–water partition coefficient (Wildman–Crippen LogP) is 8.10. The zero-order valence-electron chi connectivity index (χ0n) is 28.2. The van der Waals surface area contributed by atoms with Gasteiger partial charge in [0, 0.05) is 0 Å². The summed E-state index contributed by atoms with van der Waals surface area (Å²) < 4.78 is 38.8. The van der Waals surface area contributed by atoms with Gasteiger partial charge in [0.2, 0.25) is 0 Å². The minimum absolute atomic E-state index is 0.0402. The van der Waals surface area contributed by atoms with Gasteiger partial charge in [-0.1, -0.05) is 30.3 Å². The molecule has 2 fully saturated rings. The van der Waals surface area contributed by atoms with Crippen LogP contribution in [0.2, 0.25) is 0 Å². The normalized spacial score (nSPS) is 31.9. The molecule has 0 spiro atoms. The summed E-state index contributed by atoms with van der Waals surface area (Å²) in [5.41, 5.74) is 2.14. The van der Waals surface area contributed by atoms with Gasteiger partial charge in [0.1, 0.15) is 0 Å². The van der Waals surface area contributed by atoms with Gasteiger partial charge < -0.3 is 0 Å². The van der Waals surface area contributed by atoms with Gasteiger partial charge in [-0.05, 0) is 10.8 Å². The van der Waals surface area contributed by atoms with Crippen LogP contribution in [-0.4, -0.2) is 61.1 Å². The van der Waals surface area contributed by atoms with Crippen LogP contribution in [0, 0.1) is 17.8 Å². The topological polar surface area (TPSA) is 74.2 Å². The maximum absolute atomic E-state index is 12.3. The van der Waals surface area contributed by atoms with E-state index in [1.165, 1.54) is 21.5 Å². The zero-order valence-corrected chi connectivity index (χ0v) is 29.1. The molecule has 2 aliphatic rings. The standard InChI is InChI=1S/C39H48BO6P/c1-6-33-37(44-23-28-16-18-30-12-8-10-14-32(30)21-28)38(47(5)40-42)26(4)39(45-33)46-36-25(3)19-24(2)35(34(36)41)43-22-27-15-17-29-11-7-9-13-31(29)20-27/h7-18,20-21,24-26,33-39,41H,6,19,22-23H2,1-5H3. The molecule has 6 rings (SSSR count). The Morgan fingerprint density at radius 1 is 0.787 bits per heavy atom. The Morgan fingerprint density at radius 3 is 1.87 bits per heavy atom. The van der Waals surface area contributed by atoms with E-state index in [9.17, 15) is 9.81 Å². The fourth-order valence-electron chi connectivity index (χ4n) is 7.81. The quantitative estimate of drug-likeness (QED) is 0.130. The van der Waals surface area contributed by atoms with Crippen LogP contribution >= 0.6 is 7.80 Å². The number of fused-ring (bicyclic) bond motifs is 2. The van der Waals surface area contributed by atoms with Crippen molar-refractivity contribution in [2.24, 2.45) is 17.8 Å². The van der Waals surface area contributed by atoms with Gasteiger partial charge in [0.25, 0.3) is 0 Å². The molecule has 11 unspecified atom stereocenters. The van der Waals surface area contributed by atoms with Crippen LogP contribution in [-0.2, 0) is 36.9 Å². The van der Waals surface area contributed by atoms with Crippen molar-refractivity contribution in [1.29, 1.82) is 0 Å². The summed E-state index contributed by atoms with van der Waals surface area (Å²) in [5, 5.41) is 16.5. The van der Waals surface area contributed by atoms with Crippen molar-refractivity contribution in [2.45, 2.75) is 96.2 Å². The second-order valence-electron chi connectivity index (χ2n) is 13.8. The van der Waals surface area contributed by atoms with E-state index in [-0.39, 0.29) is 41.7 Å². The Bertz CT molecular complexity index is 1650. The Hall–Kier alpha value is -2.51. The molecule has 4 aromatic rings. The van der Waals surface area contributed by atoms with Crippen LogP contribution in [0.3, 0.4) is 0 Å². The molecule has 0 radical (unpaired) electrons. The second kappa shape index (κ2) is 15.4. The number of aliphatic hydroxyl groups is 1. The molecule has 248 valence electrons. The molecular formula is C39H48BO6P. The zero-order chi connectivity index (χ0) is 33.1. The Morgan fingerprint density at radius 2 is 1.32 bits per heavy atom. The van der Waals surface area contributed by atoms with Gasteiger partial charge >= 0.3 is 241 Å². The van der Waals surface area contributed by atoms with Gasteiger partial charge in [0.05, 0.1) is 0 Å². The van der Waals surface area contributed by atoms with E-state index in [1.54, 1.807) is 0 Å². The number of hydrogen-bond acceptors (Lipinski definition) is 6. The van der Waals surface area contributed by atoms with Crippen LogP contribution in [0.25, 0.3) is 21.5 Å². The number of benzene rings is 4. The van der Waals surface area contributed by atoms with Crippen molar-refractivity contribution in [1.82, 2.24) is 0 Å². The van der Waals surface area contributed by atoms with Gasteiger partial charge in [0.15, 0.2) is 0 Å². The first-order chi connectivity index (χ1) is 22.8. The van der Waals surface area contributed by atoms with Crippen molar-refractivity contribution in [2.75, 3.05) is 6.66 Å². The number of rotatable bonds is 11. The monoisotopic (exact) mass is 654 g/mol. The van der Waals surface area contributed by atoms with Crippen molar-refractivity contribution in [3.8, 4) is 0 Å². The summed E-state index contributed by atoms with van der Waals surface area (Å²) in [6.45, 7) is 12.5. The SMILES string of the molecule is CCC1OC(OC2C(C)CC(C)C(OCc3ccc4ccccc4c3)C2O)C(C)C(P(C)B=O)C1OCc1ccc2ccccc2c1. The van der Waals surface area contributed by atoms with E-state index in [4.69, 9.17) is 18.9 Å². The molecule has 0 aromatic heterocycles. The first kappa shape index (κ1) is 34.4. The van der Waals surface area contributed by atoms with E-state index in [1.807, 2.05) is 30.9 Å². The summed E-state index contributed by atoms with van der Waals surface area (Å²) in [4.78, 5) is 0.